The van der Waals surface area contributed by atoms with E-state index >= 15 is 0 Å². The molecule has 0 saturated carbocycles. The predicted molar refractivity (Wildman–Crippen MR) is 67.1 cm³/mol. The summed E-state index contributed by atoms with van der Waals surface area (Å²) < 4.78 is 9.13. The summed E-state index contributed by atoms with van der Waals surface area (Å²) in [6.07, 6.45) is 0. The van der Waals surface area contributed by atoms with Gasteiger partial charge in [-0.3, -0.25) is 4.79 Å². The molecular weight excluding hydrogens is 272 g/mol. The molecule has 0 amide bonds. The van der Waals surface area contributed by atoms with Crippen molar-refractivity contribution in [2.24, 2.45) is 0 Å². The SMILES string of the molecule is COC(=O)c1ccc(C(=O)OC)c(SC(=O)CO)c1. The standard InChI is InChI=1S/C12H12O6S/c1-17-11(15)7-3-4-8(12(16)18-2)9(5-7)19-10(14)6-13/h3-5,13H,6H2,1-2H3. The van der Waals surface area contributed by atoms with Gasteiger partial charge in [0.1, 0.15) is 6.61 Å². The monoisotopic (exact) mass is 284 g/mol. The van der Waals surface area contributed by atoms with E-state index in [0.29, 0.717) is 11.8 Å². The zero-order chi connectivity index (χ0) is 14.4. The molecule has 0 aliphatic rings. The van der Waals surface area contributed by atoms with Crippen LogP contribution in [-0.2, 0) is 14.3 Å². The Morgan fingerprint density at radius 1 is 1.16 bits per heavy atom. The fourth-order valence-electron chi connectivity index (χ4n) is 1.29. The van der Waals surface area contributed by atoms with E-state index in [1.165, 1.54) is 32.4 Å². The minimum Gasteiger partial charge on any atom is -0.465 e. The number of methoxy groups -OCH3 is 2. The number of rotatable bonds is 4. The van der Waals surface area contributed by atoms with Gasteiger partial charge in [-0.2, -0.15) is 0 Å². The Balaban J connectivity index is 3.21. The first-order valence-corrected chi connectivity index (χ1v) is 5.97. The Bertz CT molecular complexity index is 511. The smallest absolute Gasteiger partial charge is 0.339 e. The number of benzene rings is 1. The highest BCUT2D eigenvalue weighted by atomic mass is 32.2. The van der Waals surface area contributed by atoms with E-state index in [9.17, 15) is 14.4 Å². The first-order chi connectivity index (χ1) is 9.03. The van der Waals surface area contributed by atoms with Crippen molar-refractivity contribution < 1.29 is 29.0 Å². The Morgan fingerprint density at radius 2 is 1.79 bits per heavy atom. The highest BCUT2D eigenvalue weighted by Crippen LogP contribution is 2.26. The van der Waals surface area contributed by atoms with Crippen molar-refractivity contribution in [3.63, 3.8) is 0 Å². The molecule has 0 bridgehead atoms. The average molecular weight is 284 g/mol. The van der Waals surface area contributed by atoms with Gasteiger partial charge in [0.2, 0.25) is 5.12 Å². The van der Waals surface area contributed by atoms with E-state index < -0.39 is 23.7 Å². The van der Waals surface area contributed by atoms with Gasteiger partial charge in [0, 0.05) is 4.90 Å². The topological polar surface area (TPSA) is 89.9 Å². The molecule has 1 aromatic rings. The lowest BCUT2D eigenvalue weighted by molar-refractivity contribution is -0.113. The van der Waals surface area contributed by atoms with Crippen LogP contribution in [0.3, 0.4) is 0 Å². The number of thioether (sulfide) groups is 1. The van der Waals surface area contributed by atoms with Gasteiger partial charge in [0.25, 0.3) is 0 Å². The van der Waals surface area contributed by atoms with Crippen LogP contribution in [0.2, 0.25) is 0 Å². The molecule has 102 valence electrons. The number of esters is 2. The number of hydrogen-bond acceptors (Lipinski definition) is 7. The fourth-order valence-corrected chi connectivity index (χ4v) is 2.04. The normalized spacial score (nSPS) is 9.84. The summed E-state index contributed by atoms with van der Waals surface area (Å²) in [6, 6.07) is 4.10. The highest BCUT2D eigenvalue weighted by molar-refractivity contribution is 8.13. The van der Waals surface area contributed by atoms with E-state index in [0.717, 1.165) is 0 Å². The number of hydrogen-bond donors (Lipinski definition) is 1. The number of aliphatic hydroxyl groups excluding tert-OH is 1. The van der Waals surface area contributed by atoms with Crippen molar-refractivity contribution in [2.75, 3.05) is 20.8 Å². The number of ether oxygens (including phenoxy) is 2. The second kappa shape index (κ2) is 6.91. The zero-order valence-corrected chi connectivity index (χ0v) is 11.2. The van der Waals surface area contributed by atoms with Crippen LogP contribution in [0.4, 0.5) is 0 Å². The van der Waals surface area contributed by atoms with Crippen LogP contribution < -0.4 is 0 Å². The third kappa shape index (κ3) is 3.80. The molecule has 0 aliphatic heterocycles. The summed E-state index contributed by atoms with van der Waals surface area (Å²) in [7, 11) is 2.43. The Kier molecular flexibility index (Phi) is 5.53. The van der Waals surface area contributed by atoms with E-state index in [1.807, 2.05) is 0 Å². The van der Waals surface area contributed by atoms with E-state index in [4.69, 9.17) is 5.11 Å². The van der Waals surface area contributed by atoms with Gasteiger partial charge in [0.05, 0.1) is 25.3 Å². The summed E-state index contributed by atoms with van der Waals surface area (Å²) in [6.45, 7) is -0.673. The van der Waals surface area contributed by atoms with Crippen molar-refractivity contribution in [1.29, 1.82) is 0 Å². The largest absolute Gasteiger partial charge is 0.465 e. The molecule has 0 heterocycles. The Morgan fingerprint density at radius 3 is 2.32 bits per heavy atom. The van der Waals surface area contributed by atoms with Gasteiger partial charge < -0.3 is 14.6 Å². The Labute approximate surface area is 113 Å². The average Bonchev–Trinajstić information content (AvgIpc) is 2.45. The molecule has 19 heavy (non-hydrogen) atoms. The molecule has 0 aromatic heterocycles. The first-order valence-electron chi connectivity index (χ1n) is 5.15. The minimum atomic E-state index is -0.673. The number of carbonyl (C=O) groups is 3. The van der Waals surface area contributed by atoms with Gasteiger partial charge in [-0.05, 0) is 30.0 Å². The van der Waals surface area contributed by atoms with Crippen LogP contribution in [-0.4, -0.2) is 43.0 Å². The summed E-state index contributed by atoms with van der Waals surface area (Å²) in [5.41, 5.74) is 0.338. The molecule has 0 unspecified atom stereocenters. The van der Waals surface area contributed by atoms with E-state index in [-0.39, 0.29) is 16.0 Å². The van der Waals surface area contributed by atoms with Gasteiger partial charge in [0.15, 0.2) is 0 Å². The lowest BCUT2D eigenvalue weighted by Crippen LogP contribution is -2.08. The molecule has 0 aliphatic carbocycles. The van der Waals surface area contributed by atoms with Gasteiger partial charge in [-0.1, -0.05) is 0 Å². The van der Waals surface area contributed by atoms with Gasteiger partial charge in [-0.15, -0.1) is 0 Å². The van der Waals surface area contributed by atoms with Crippen LogP contribution in [0, 0.1) is 0 Å². The first kappa shape index (κ1) is 15.2. The summed E-state index contributed by atoms with van der Waals surface area (Å²) in [4.78, 5) is 34.4. The Hall–Kier alpha value is -1.86. The van der Waals surface area contributed by atoms with Crippen molar-refractivity contribution >= 4 is 28.8 Å². The quantitative estimate of drug-likeness (QED) is 0.648. The van der Waals surface area contributed by atoms with Crippen LogP contribution in [0.25, 0.3) is 0 Å². The molecule has 0 fully saturated rings. The molecule has 0 atom stereocenters. The maximum Gasteiger partial charge on any atom is 0.339 e. The maximum atomic E-state index is 11.5. The summed E-state index contributed by atoms with van der Waals surface area (Å²) >= 11 is 0.658. The third-order valence-corrected chi connectivity index (χ3v) is 3.08. The predicted octanol–water partition coefficient (Wildman–Crippen LogP) is 0.871. The fraction of sp³-hybridized carbons (Fsp3) is 0.250. The molecule has 1 rings (SSSR count). The summed E-state index contributed by atoms with van der Waals surface area (Å²) in [5.74, 6) is -1.22. The molecule has 6 nitrogen and oxygen atoms in total. The zero-order valence-electron chi connectivity index (χ0n) is 10.3. The summed E-state index contributed by atoms with van der Waals surface area (Å²) in [5, 5.41) is 8.18. The second-order valence-electron chi connectivity index (χ2n) is 3.33. The molecule has 0 spiro atoms. The second-order valence-corrected chi connectivity index (χ2v) is 4.43. The van der Waals surface area contributed by atoms with Crippen LogP contribution in [0.5, 0.6) is 0 Å². The van der Waals surface area contributed by atoms with Crippen LogP contribution >= 0.6 is 11.8 Å². The number of aliphatic hydroxyl groups is 1. The minimum absolute atomic E-state index is 0.141. The van der Waals surface area contributed by atoms with Crippen molar-refractivity contribution in [2.45, 2.75) is 4.90 Å². The van der Waals surface area contributed by atoms with E-state index in [2.05, 4.69) is 9.47 Å². The van der Waals surface area contributed by atoms with Gasteiger partial charge in [-0.25, -0.2) is 9.59 Å². The van der Waals surface area contributed by atoms with Gasteiger partial charge >= 0.3 is 11.9 Å². The molecule has 1 aromatic carbocycles. The molecular formula is C12H12O6S. The maximum absolute atomic E-state index is 11.5. The lowest BCUT2D eigenvalue weighted by atomic mass is 10.1. The van der Waals surface area contributed by atoms with Crippen molar-refractivity contribution in [1.82, 2.24) is 0 Å². The molecule has 7 heteroatoms. The number of carbonyl (C=O) groups excluding carboxylic acids is 3. The molecule has 0 saturated heterocycles. The highest BCUT2D eigenvalue weighted by Gasteiger charge is 2.18. The van der Waals surface area contributed by atoms with E-state index in [1.54, 1.807) is 0 Å². The third-order valence-electron chi connectivity index (χ3n) is 2.16. The van der Waals surface area contributed by atoms with Crippen LogP contribution in [0.15, 0.2) is 23.1 Å². The van der Waals surface area contributed by atoms with Crippen LogP contribution in [0.1, 0.15) is 20.7 Å². The lowest BCUT2D eigenvalue weighted by Gasteiger charge is -2.08. The molecule has 1 N–H and O–H groups in total. The van der Waals surface area contributed by atoms with Crippen molar-refractivity contribution in [3.8, 4) is 0 Å². The van der Waals surface area contributed by atoms with Crippen molar-refractivity contribution in [3.05, 3.63) is 29.3 Å². The molecule has 0 radical (unpaired) electrons.